The highest BCUT2D eigenvalue weighted by molar-refractivity contribution is 7.99. The van der Waals surface area contributed by atoms with Crippen molar-refractivity contribution in [1.82, 2.24) is 9.97 Å². The molecular weight excluding hydrogens is 242 g/mol. The van der Waals surface area contributed by atoms with Crippen molar-refractivity contribution in [2.75, 3.05) is 0 Å². The number of nitrogens with two attached hydrogens (primary N) is 1. The van der Waals surface area contributed by atoms with Gasteiger partial charge in [-0.2, -0.15) is 0 Å². The molecule has 2 unspecified atom stereocenters. The number of hydrogen-bond acceptors (Lipinski definition) is 4. The first kappa shape index (κ1) is 13.1. The van der Waals surface area contributed by atoms with Gasteiger partial charge in [0.2, 0.25) is 0 Å². The van der Waals surface area contributed by atoms with Crippen LogP contribution in [0.4, 0.5) is 0 Å². The molecule has 0 aliphatic heterocycles. The van der Waals surface area contributed by atoms with E-state index in [1.54, 1.807) is 18.0 Å². The largest absolute Gasteiger partial charge is 0.326 e. The van der Waals surface area contributed by atoms with E-state index in [2.05, 4.69) is 16.9 Å². The molecular formula is C14H17N3S. The zero-order valence-corrected chi connectivity index (χ0v) is 11.2. The van der Waals surface area contributed by atoms with E-state index in [-0.39, 0.29) is 11.3 Å². The molecule has 0 aromatic carbocycles. The Labute approximate surface area is 112 Å². The lowest BCUT2D eigenvalue weighted by Crippen LogP contribution is -2.26. The van der Waals surface area contributed by atoms with Crippen LogP contribution in [0.2, 0.25) is 0 Å². The third-order valence-electron chi connectivity index (χ3n) is 2.73. The maximum absolute atomic E-state index is 6.21. The second-order valence-corrected chi connectivity index (χ2v) is 5.19. The second kappa shape index (κ2) is 6.52. The van der Waals surface area contributed by atoms with Gasteiger partial charge < -0.3 is 5.73 Å². The molecule has 0 saturated heterocycles. The van der Waals surface area contributed by atoms with Crippen molar-refractivity contribution in [2.24, 2.45) is 5.73 Å². The van der Waals surface area contributed by atoms with Crippen molar-refractivity contribution in [3.63, 3.8) is 0 Å². The number of thioether (sulfide) groups is 1. The topological polar surface area (TPSA) is 51.8 Å². The monoisotopic (exact) mass is 259 g/mol. The molecule has 0 spiro atoms. The van der Waals surface area contributed by atoms with Gasteiger partial charge in [0, 0.05) is 18.4 Å². The summed E-state index contributed by atoms with van der Waals surface area (Å²) in [6, 6.07) is 11.9. The van der Waals surface area contributed by atoms with E-state index in [4.69, 9.17) is 5.73 Å². The Balaban J connectivity index is 2.21. The summed E-state index contributed by atoms with van der Waals surface area (Å²) < 4.78 is 0. The smallest absolute Gasteiger partial charge is 0.0966 e. The minimum Gasteiger partial charge on any atom is -0.326 e. The highest BCUT2D eigenvalue weighted by Gasteiger charge is 2.21. The lowest BCUT2D eigenvalue weighted by atomic mass is 10.1. The first-order chi connectivity index (χ1) is 8.81. The fourth-order valence-corrected chi connectivity index (χ4v) is 2.84. The molecule has 0 saturated carbocycles. The van der Waals surface area contributed by atoms with Gasteiger partial charge in [-0.05, 0) is 30.7 Å². The van der Waals surface area contributed by atoms with Crippen molar-refractivity contribution >= 4 is 11.8 Å². The highest BCUT2D eigenvalue weighted by atomic mass is 32.2. The fraction of sp³-hybridized carbons (Fsp3) is 0.286. The third kappa shape index (κ3) is 3.31. The average Bonchev–Trinajstić information content (AvgIpc) is 2.46. The fourth-order valence-electron chi connectivity index (χ4n) is 1.67. The van der Waals surface area contributed by atoms with Crippen LogP contribution in [0.1, 0.15) is 24.3 Å². The molecule has 0 aliphatic rings. The van der Waals surface area contributed by atoms with Gasteiger partial charge in [0.15, 0.2) is 0 Å². The Morgan fingerprint density at radius 1 is 1.11 bits per heavy atom. The molecule has 2 N–H and O–H groups in total. The Morgan fingerprint density at radius 2 is 1.83 bits per heavy atom. The molecule has 0 fully saturated rings. The van der Waals surface area contributed by atoms with Crippen LogP contribution < -0.4 is 5.73 Å². The van der Waals surface area contributed by atoms with Gasteiger partial charge in [-0.3, -0.25) is 4.98 Å². The number of pyridine rings is 2. The minimum atomic E-state index is 0.0758. The highest BCUT2D eigenvalue weighted by Crippen LogP contribution is 2.35. The summed E-state index contributed by atoms with van der Waals surface area (Å²) >= 11 is 1.68. The molecule has 94 valence electrons. The predicted octanol–water partition coefficient (Wildman–Crippen LogP) is 3.05. The van der Waals surface area contributed by atoms with Gasteiger partial charge in [0.25, 0.3) is 0 Å². The van der Waals surface area contributed by atoms with Crippen LogP contribution in [0, 0.1) is 0 Å². The number of aromatic nitrogens is 2. The number of nitrogens with zero attached hydrogens (tertiary/aromatic N) is 2. The van der Waals surface area contributed by atoms with Crippen molar-refractivity contribution in [2.45, 2.75) is 29.7 Å². The summed E-state index contributed by atoms with van der Waals surface area (Å²) in [7, 11) is 0. The van der Waals surface area contributed by atoms with Crippen LogP contribution in [0.3, 0.4) is 0 Å². The first-order valence-corrected chi connectivity index (χ1v) is 6.93. The van der Waals surface area contributed by atoms with Gasteiger partial charge in [-0.15, -0.1) is 0 Å². The molecule has 0 aliphatic carbocycles. The van der Waals surface area contributed by atoms with Crippen LogP contribution in [-0.2, 0) is 0 Å². The minimum absolute atomic E-state index is 0.0758. The van der Waals surface area contributed by atoms with Crippen molar-refractivity contribution in [3.8, 4) is 0 Å². The molecule has 0 amide bonds. The van der Waals surface area contributed by atoms with Crippen molar-refractivity contribution in [1.29, 1.82) is 0 Å². The second-order valence-electron chi connectivity index (χ2n) is 4.03. The maximum Gasteiger partial charge on any atom is 0.0966 e. The van der Waals surface area contributed by atoms with Crippen LogP contribution in [-0.4, -0.2) is 16.0 Å². The van der Waals surface area contributed by atoms with E-state index in [0.717, 1.165) is 17.1 Å². The standard InChI is InChI=1S/C14H17N3S/c1-2-11(15)14(12-7-3-5-9-16-12)18-13-8-4-6-10-17-13/h3-11,14H,2,15H2,1H3. The first-order valence-electron chi connectivity index (χ1n) is 6.05. The molecule has 0 radical (unpaired) electrons. The van der Waals surface area contributed by atoms with E-state index in [9.17, 15) is 0 Å². The molecule has 2 aromatic heterocycles. The summed E-state index contributed by atoms with van der Waals surface area (Å²) in [4.78, 5) is 8.76. The zero-order chi connectivity index (χ0) is 12.8. The van der Waals surface area contributed by atoms with E-state index in [0.29, 0.717) is 0 Å². The van der Waals surface area contributed by atoms with Gasteiger partial charge in [0.1, 0.15) is 0 Å². The summed E-state index contributed by atoms with van der Waals surface area (Å²) in [5.41, 5.74) is 7.22. The van der Waals surface area contributed by atoms with Crippen molar-refractivity contribution < 1.29 is 0 Å². The molecule has 2 rings (SSSR count). The van der Waals surface area contributed by atoms with Gasteiger partial charge in [-0.25, -0.2) is 4.98 Å². The lowest BCUT2D eigenvalue weighted by Gasteiger charge is -2.21. The van der Waals surface area contributed by atoms with Crippen LogP contribution in [0.15, 0.2) is 53.8 Å². The Bertz CT molecular complexity index is 461. The molecule has 2 aromatic rings. The maximum atomic E-state index is 6.21. The van der Waals surface area contributed by atoms with E-state index < -0.39 is 0 Å². The predicted molar refractivity (Wildman–Crippen MR) is 75.3 cm³/mol. The molecule has 18 heavy (non-hydrogen) atoms. The third-order valence-corrected chi connectivity index (χ3v) is 4.05. The molecule has 2 heterocycles. The molecule has 0 bridgehead atoms. The molecule has 4 heteroatoms. The van der Waals surface area contributed by atoms with Crippen LogP contribution in [0.5, 0.6) is 0 Å². The van der Waals surface area contributed by atoms with Gasteiger partial charge in [0.05, 0.1) is 16.0 Å². The number of hydrogen-bond donors (Lipinski definition) is 1. The molecule has 2 atom stereocenters. The zero-order valence-electron chi connectivity index (χ0n) is 10.4. The number of rotatable bonds is 5. The van der Waals surface area contributed by atoms with E-state index in [1.807, 2.05) is 42.6 Å². The van der Waals surface area contributed by atoms with E-state index >= 15 is 0 Å². The Morgan fingerprint density at radius 3 is 2.39 bits per heavy atom. The Kier molecular flexibility index (Phi) is 4.73. The summed E-state index contributed by atoms with van der Waals surface area (Å²) in [5.74, 6) is 0. The quantitative estimate of drug-likeness (QED) is 0.838. The normalized spacial score (nSPS) is 14.1. The van der Waals surface area contributed by atoms with E-state index in [1.165, 1.54) is 0 Å². The molecule has 3 nitrogen and oxygen atoms in total. The summed E-state index contributed by atoms with van der Waals surface area (Å²) in [6.07, 6.45) is 4.53. The summed E-state index contributed by atoms with van der Waals surface area (Å²) in [5, 5.41) is 1.13. The van der Waals surface area contributed by atoms with Crippen molar-refractivity contribution in [3.05, 3.63) is 54.5 Å². The van der Waals surface area contributed by atoms with Gasteiger partial charge >= 0.3 is 0 Å². The van der Waals surface area contributed by atoms with Crippen LogP contribution in [0.25, 0.3) is 0 Å². The lowest BCUT2D eigenvalue weighted by molar-refractivity contribution is 0.623. The average molecular weight is 259 g/mol. The van der Waals surface area contributed by atoms with Gasteiger partial charge in [-0.1, -0.05) is 30.8 Å². The Hall–Kier alpha value is -1.39. The SMILES string of the molecule is CCC(N)C(Sc1ccccn1)c1ccccn1. The summed E-state index contributed by atoms with van der Waals surface area (Å²) in [6.45, 7) is 2.10. The van der Waals surface area contributed by atoms with Crippen LogP contribution >= 0.6 is 11.8 Å².